The minimum absolute atomic E-state index is 0.0121. The van der Waals surface area contributed by atoms with Gasteiger partial charge < -0.3 is 10.2 Å². The molecule has 1 fully saturated rings. The van der Waals surface area contributed by atoms with Crippen LogP contribution in [0.5, 0.6) is 0 Å². The van der Waals surface area contributed by atoms with E-state index in [-0.39, 0.29) is 5.91 Å². The van der Waals surface area contributed by atoms with Gasteiger partial charge in [-0.25, -0.2) is 9.97 Å². The maximum absolute atomic E-state index is 12.5. The van der Waals surface area contributed by atoms with Gasteiger partial charge in [-0.1, -0.05) is 32.0 Å². The summed E-state index contributed by atoms with van der Waals surface area (Å²) in [5.41, 5.74) is 4.05. The van der Waals surface area contributed by atoms with Crippen molar-refractivity contribution in [3.8, 4) is 0 Å². The number of para-hydroxylation sites is 1. The third-order valence-electron chi connectivity index (χ3n) is 4.77. The summed E-state index contributed by atoms with van der Waals surface area (Å²) in [5, 5.41) is 3.39. The molecule has 132 valence electrons. The molecule has 0 saturated carbocycles. The second-order valence-electron chi connectivity index (χ2n) is 6.42. The van der Waals surface area contributed by atoms with Crippen molar-refractivity contribution in [2.45, 2.75) is 46.0 Å². The SMILES string of the molecule is CCc1cccc(CC)c1Nc1cnc(C(=O)N2CCCCC2)cn1. The second-order valence-corrected chi connectivity index (χ2v) is 6.42. The molecule has 0 spiro atoms. The molecule has 0 atom stereocenters. The maximum Gasteiger partial charge on any atom is 0.274 e. The van der Waals surface area contributed by atoms with Crippen LogP contribution in [0.3, 0.4) is 0 Å². The Labute approximate surface area is 149 Å². The molecule has 5 nitrogen and oxygen atoms in total. The zero-order valence-corrected chi connectivity index (χ0v) is 15.1. The smallest absolute Gasteiger partial charge is 0.274 e. The monoisotopic (exact) mass is 338 g/mol. The number of likely N-dealkylation sites (tertiary alicyclic amines) is 1. The Morgan fingerprint density at radius 1 is 1.04 bits per heavy atom. The molecule has 0 aliphatic carbocycles. The van der Waals surface area contributed by atoms with Crippen LogP contribution in [-0.4, -0.2) is 33.9 Å². The summed E-state index contributed by atoms with van der Waals surface area (Å²) in [4.78, 5) is 23.1. The van der Waals surface area contributed by atoms with Gasteiger partial charge in [-0.05, 0) is 43.2 Å². The van der Waals surface area contributed by atoms with E-state index >= 15 is 0 Å². The number of carbonyl (C=O) groups is 1. The average molecular weight is 338 g/mol. The third kappa shape index (κ3) is 3.98. The largest absolute Gasteiger partial charge is 0.338 e. The van der Waals surface area contributed by atoms with E-state index in [1.54, 1.807) is 12.4 Å². The molecule has 1 amide bonds. The quantitative estimate of drug-likeness (QED) is 0.896. The van der Waals surface area contributed by atoms with Crippen molar-refractivity contribution in [1.82, 2.24) is 14.9 Å². The molecular formula is C20H26N4O. The fourth-order valence-corrected chi connectivity index (χ4v) is 3.29. The van der Waals surface area contributed by atoms with E-state index in [0.717, 1.165) is 44.5 Å². The number of nitrogens with one attached hydrogen (secondary N) is 1. The summed E-state index contributed by atoms with van der Waals surface area (Å²) < 4.78 is 0. The van der Waals surface area contributed by atoms with Crippen molar-refractivity contribution >= 4 is 17.4 Å². The van der Waals surface area contributed by atoms with Gasteiger partial charge in [0, 0.05) is 18.8 Å². The van der Waals surface area contributed by atoms with Crippen molar-refractivity contribution in [1.29, 1.82) is 0 Å². The zero-order valence-electron chi connectivity index (χ0n) is 15.1. The lowest BCUT2D eigenvalue weighted by Gasteiger charge is -2.26. The van der Waals surface area contributed by atoms with Gasteiger partial charge in [-0.15, -0.1) is 0 Å². The van der Waals surface area contributed by atoms with Gasteiger partial charge in [0.25, 0.3) is 5.91 Å². The lowest BCUT2D eigenvalue weighted by molar-refractivity contribution is 0.0718. The number of hydrogen-bond acceptors (Lipinski definition) is 4. The molecule has 0 radical (unpaired) electrons. The summed E-state index contributed by atoms with van der Waals surface area (Å²) in [6.07, 6.45) is 8.50. The minimum atomic E-state index is -0.0121. The first-order valence-electron chi connectivity index (χ1n) is 9.22. The number of benzene rings is 1. The Hall–Kier alpha value is -2.43. The number of carbonyl (C=O) groups excluding carboxylic acids is 1. The van der Waals surface area contributed by atoms with Gasteiger partial charge in [0.2, 0.25) is 0 Å². The number of amides is 1. The number of hydrogen-bond donors (Lipinski definition) is 1. The topological polar surface area (TPSA) is 58.1 Å². The van der Waals surface area contributed by atoms with Crippen LogP contribution in [0.15, 0.2) is 30.6 Å². The predicted molar refractivity (Wildman–Crippen MR) is 100 cm³/mol. The number of nitrogens with zero attached hydrogens (tertiary/aromatic N) is 3. The normalized spacial score (nSPS) is 14.4. The molecule has 2 heterocycles. The van der Waals surface area contributed by atoms with Crippen LogP contribution in [0, 0.1) is 0 Å². The summed E-state index contributed by atoms with van der Waals surface area (Å²) in [7, 11) is 0. The number of aryl methyl sites for hydroxylation is 2. The highest BCUT2D eigenvalue weighted by molar-refractivity contribution is 5.92. The van der Waals surface area contributed by atoms with E-state index in [1.807, 2.05) is 4.90 Å². The van der Waals surface area contributed by atoms with Gasteiger partial charge in [0.05, 0.1) is 12.4 Å². The fraction of sp³-hybridized carbons (Fsp3) is 0.450. The molecule has 25 heavy (non-hydrogen) atoms. The van der Waals surface area contributed by atoms with Crippen molar-refractivity contribution in [3.05, 3.63) is 47.4 Å². The van der Waals surface area contributed by atoms with Crippen LogP contribution < -0.4 is 5.32 Å². The molecule has 1 aliphatic rings. The Morgan fingerprint density at radius 2 is 1.72 bits per heavy atom. The van der Waals surface area contributed by atoms with Crippen molar-refractivity contribution in [3.63, 3.8) is 0 Å². The van der Waals surface area contributed by atoms with Crippen LogP contribution in [0.2, 0.25) is 0 Å². The van der Waals surface area contributed by atoms with E-state index in [2.05, 4.69) is 47.3 Å². The summed E-state index contributed by atoms with van der Waals surface area (Å²) in [5.74, 6) is 0.660. The first kappa shape index (κ1) is 17.4. The Kier molecular flexibility index (Phi) is 5.64. The first-order valence-corrected chi connectivity index (χ1v) is 9.22. The van der Waals surface area contributed by atoms with Gasteiger partial charge in [-0.3, -0.25) is 4.79 Å². The van der Waals surface area contributed by atoms with E-state index in [9.17, 15) is 4.79 Å². The summed E-state index contributed by atoms with van der Waals surface area (Å²) >= 11 is 0. The highest BCUT2D eigenvalue weighted by Crippen LogP contribution is 2.25. The average Bonchev–Trinajstić information content (AvgIpc) is 2.69. The number of anilines is 2. The highest BCUT2D eigenvalue weighted by atomic mass is 16.2. The Morgan fingerprint density at radius 3 is 2.28 bits per heavy atom. The van der Waals surface area contributed by atoms with Crippen LogP contribution in [0.25, 0.3) is 0 Å². The molecule has 0 unspecified atom stereocenters. The maximum atomic E-state index is 12.5. The molecule has 1 N–H and O–H groups in total. The number of rotatable bonds is 5. The van der Waals surface area contributed by atoms with Crippen LogP contribution in [-0.2, 0) is 12.8 Å². The minimum Gasteiger partial charge on any atom is -0.338 e. The molecule has 3 rings (SSSR count). The molecule has 1 aromatic carbocycles. The number of aromatic nitrogens is 2. The molecule has 2 aromatic rings. The molecule has 0 bridgehead atoms. The van der Waals surface area contributed by atoms with Gasteiger partial charge in [0.1, 0.15) is 11.5 Å². The third-order valence-corrected chi connectivity index (χ3v) is 4.77. The van der Waals surface area contributed by atoms with E-state index in [0.29, 0.717) is 11.5 Å². The molecule has 5 heteroatoms. The van der Waals surface area contributed by atoms with Crippen molar-refractivity contribution in [2.24, 2.45) is 0 Å². The molecule has 1 aliphatic heterocycles. The predicted octanol–water partition coefficient (Wildman–Crippen LogP) is 3.97. The second kappa shape index (κ2) is 8.10. The first-order chi connectivity index (χ1) is 12.2. The molecule has 1 saturated heterocycles. The van der Waals surface area contributed by atoms with E-state index < -0.39 is 0 Å². The van der Waals surface area contributed by atoms with E-state index in [1.165, 1.54) is 17.5 Å². The van der Waals surface area contributed by atoms with Crippen molar-refractivity contribution in [2.75, 3.05) is 18.4 Å². The highest BCUT2D eigenvalue weighted by Gasteiger charge is 2.19. The summed E-state index contributed by atoms with van der Waals surface area (Å²) in [6.45, 7) is 5.94. The Balaban J connectivity index is 1.76. The van der Waals surface area contributed by atoms with Gasteiger partial charge >= 0.3 is 0 Å². The van der Waals surface area contributed by atoms with E-state index in [4.69, 9.17) is 0 Å². The Bertz CT molecular complexity index is 699. The van der Waals surface area contributed by atoms with Crippen LogP contribution >= 0.6 is 0 Å². The standard InChI is InChI=1S/C20H26N4O/c1-3-15-9-8-10-16(4-2)19(15)23-18-14-21-17(13-22-18)20(25)24-11-6-5-7-12-24/h8-10,13-14H,3-7,11-12H2,1-2H3,(H,22,23). The molecular weight excluding hydrogens is 312 g/mol. The zero-order chi connectivity index (χ0) is 17.6. The van der Waals surface area contributed by atoms with Crippen LogP contribution in [0.4, 0.5) is 11.5 Å². The van der Waals surface area contributed by atoms with Crippen LogP contribution in [0.1, 0.15) is 54.7 Å². The lowest BCUT2D eigenvalue weighted by atomic mass is 10.0. The number of piperidine rings is 1. The van der Waals surface area contributed by atoms with Crippen molar-refractivity contribution < 1.29 is 4.79 Å². The lowest BCUT2D eigenvalue weighted by Crippen LogP contribution is -2.36. The summed E-state index contributed by atoms with van der Waals surface area (Å²) in [6, 6.07) is 6.35. The molecule has 1 aromatic heterocycles. The fourth-order valence-electron chi connectivity index (χ4n) is 3.29. The van der Waals surface area contributed by atoms with Gasteiger partial charge in [-0.2, -0.15) is 0 Å². The van der Waals surface area contributed by atoms with Gasteiger partial charge in [0.15, 0.2) is 0 Å².